The van der Waals surface area contributed by atoms with Gasteiger partial charge < -0.3 is 5.32 Å². The summed E-state index contributed by atoms with van der Waals surface area (Å²) < 4.78 is 15.0. The molecule has 0 spiro atoms. The average molecular weight is 330 g/mol. The molecule has 0 saturated heterocycles. The Morgan fingerprint density at radius 3 is 2.67 bits per heavy atom. The summed E-state index contributed by atoms with van der Waals surface area (Å²) in [7, 11) is 0. The number of halogens is 1. The molecule has 1 aromatic heterocycles. The number of amides is 1. The summed E-state index contributed by atoms with van der Waals surface area (Å²) in [6.45, 7) is 4.66. The lowest BCUT2D eigenvalue weighted by Gasteiger charge is -2.23. The fraction of sp³-hybridized carbons (Fsp3) is 0.444. The maximum Gasteiger partial charge on any atom is 0.241 e. The number of aromatic nitrogens is 2. The summed E-state index contributed by atoms with van der Waals surface area (Å²) >= 11 is 0. The van der Waals surface area contributed by atoms with E-state index < -0.39 is 6.04 Å². The molecule has 0 unspecified atom stereocenters. The van der Waals surface area contributed by atoms with Crippen LogP contribution < -0.4 is 10.6 Å². The zero-order valence-corrected chi connectivity index (χ0v) is 14.0. The second-order valence-corrected chi connectivity index (χ2v) is 6.57. The Bertz CT molecular complexity index is 693. The molecule has 1 heterocycles. The lowest BCUT2D eigenvalue weighted by Crippen LogP contribution is -2.43. The summed E-state index contributed by atoms with van der Waals surface area (Å²) in [6.07, 6.45) is 5.84. The van der Waals surface area contributed by atoms with E-state index in [2.05, 4.69) is 15.7 Å². The Balaban J connectivity index is 1.70. The lowest BCUT2D eigenvalue weighted by molar-refractivity contribution is -0.123. The van der Waals surface area contributed by atoms with Crippen LogP contribution in [0.15, 0.2) is 36.7 Å². The van der Waals surface area contributed by atoms with Crippen LogP contribution in [0.2, 0.25) is 0 Å². The summed E-state index contributed by atoms with van der Waals surface area (Å²) in [5.74, 6) is -0.368. The molecule has 1 aliphatic carbocycles. The van der Waals surface area contributed by atoms with Crippen molar-refractivity contribution in [1.82, 2.24) is 20.4 Å². The minimum Gasteiger partial charge on any atom is -0.352 e. The number of nitrogens with one attached hydrogen (secondary N) is 2. The number of nitrogens with zero attached hydrogens (tertiary/aromatic N) is 2. The lowest BCUT2D eigenvalue weighted by atomic mass is 10.0. The molecule has 1 aromatic carbocycles. The highest BCUT2D eigenvalue weighted by Crippen LogP contribution is 2.22. The van der Waals surface area contributed by atoms with Crippen LogP contribution in [0.3, 0.4) is 0 Å². The molecule has 1 amide bonds. The van der Waals surface area contributed by atoms with Crippen LogP contribution in [-0.4, -0.2) is 27.8 Å². The van der Waals surface area contributed by atoms with Crippen molar-refractivity contribution >= 4 is 5.91 Å². The summed E-state index contributed by atoms with van der Waals surface area (Å²) in [4.78, 5) is 12.6. The molecule has 6 heteroatoms. The average Bonchev–Trinajstić information content (AvgIpc) is 3.26. The van der Waals surface area contributed by atoms with Crippen molar-refractivity contribution in [3.05, 3.63) is 53.6 Å². The van der Waals surface area contributed by atoms with Gasteiger partial charge in [-0.1, -0.05) is 12.1 Å². The summed E-state index contributed by atoms with van der Waals surface area (Å²) in [5, 5.41) is 10.6. The first-order valence-corrected chi connectivity index (χ1v) is 8.32. The fourth-order valence-electron chi connectivity index (χ4n) is 2.68. The quantitative estimate of drug-likeness (QED) is 0.819. The summed E-state index contributed by atoms with van der Waals surface area (Å²) in [6, 6.07) is 5.90. The highest BCUT2D eigenvalue weighted by atomic mass is 19.1. The molecule has 0 radical (unpaired) electrons. The Hall–Kier alpha value is -2.21. The van der Waals surface area contributed by atoms with Gasteiger partial charge in [0.15, 0.2) is 0 Å². The molecule has 2 aromatic rings. The third-order valence-electron chi connectivity index (χ3n) is 4.06. The number of hydrogen-bond acceptors (Lipinski definition) is 3. The van der Waals surface area contributed by atoms with Gasteiger partial charge >= 0.3 is 0 Å². The van der Waals surface area contributed by atoms with Gasteiger partial charge in [0.25, 0.3) is 0 Å². The van der Waals surface area contributed by atoms with Gasteiger partial charge in [-0.05, 0) is 49.9 Å². The molecule has 128 valence electrons. The standard InChI is InChI=1S/C18H23FN4O/c1-12-9-20-23(10-12)11-13(2)21-17(18(24)22-16-7-8-16)14-3-5-15(19)6-4-14/h3-6,9-10,13,16-17,21H,7-8,11H2,1-2H3,(H,22,24)/t13-,17-/m1/s1. The van der Waals surface area contributed by atoms with E-state index in [1.165, 1.54) is 12.1 Å². The largest absolute Gasteiger partial charge is 0.352 e. The maximum atomic E-state index is 13.2. The molecule has 3 rings (SSSR count). The highest BCUT2D eigenvalue weighted by molar-refractivity contribution is 5.83. The van der Waals surface area contributed by atoms with Gasteiger partial charge in [0, 0.05) is 18.3 Å². The smallest absolute Gasteiger partial charge is 0.241 e. The van der Waals surface area contributed by atoms with Gasteiger partial charge in [-0.15, -0.1) is 0 Å². The van der Waals surface area contributed by atoms with E-state index >= 15 is 0 Å². The van der Waals surface area contributed by atoms with Crippen LogP contribution in [0.5, 0.6) is 0 Å². The maximum absolute atomic E-state index is 13.2. The predicted molar refractivity (Wildman–Crippen MR) is 89.9 cm³/mol. The molecular weight excluding hydrogens is 307 g/mol. The van der Waals surface area contributed by atoms with Crippen molar-refractivity contribution in [2.45, 2.75) is 51.4 Å². The number of benzene rings is 1. The minimum atomic E-state index is -0.502. The molecule has 2 N–H and O–H groups in total. The second-order valence-electron chi connectivity index (χ2n) is 6.57. The van der Waals surface area contributed by atoms with Crippen molar-refractivity contribution in [2.75, 3.05) is 0 Å². The number of aryl methyl sites for hydroxylation is 1. The van der Waals surface area contributed by atoms with E-state index in [0.717, 1.165) is 24.0 Å². The topological polar surface area (TPSA) is 59.0 Å². The van der Waals surface area contributed by atoms with Crippen LogP contribution in [0.1, 0.15) is 36.9 Å². The van der Waals surface area contributed by atoms with Gasteiger partial charge in [-0.25, -0.2) is 4.39 Å². The fourth-order valence-corrected chi connectivity index (χ4v) is 2.68. The van der Waals surface area contributed by atoms with Gasteiger partial charge in [-0.3, -0.25) is 14.8 Å². The van der Waals surface area contributed by atoms with Crippen molar-refractivity contribution in [2.24, 2.45) is 0 Å². The van der Waals surface area contributed by atoms with Crippen LogP contribution in [0.4, 0.5) is 4.39 Å². The van der Waals surface area contributed by atoms with Gasteiger partial charge in [-0.2, -0.15) is 5.10 Å². The van der Waals surface area contributed by atoms with E-state index in [1.54, 1.807) is 12.1 Å². The van der Waals surface area contributed by atoms with E-state index in [-0.39, 0.29) is 23.8 Å². The molecule has 5 nitrogen and oxygen atoms in total. The van der Waals surface area contributed by atoms with Crippen molar-refractivity contribution in [1.29, 1.82) is 0 Å². The minimum absolute atomic E-state index is 0.0318. The Morgan fingerprint density at radius 2 is 2.08 bits per heavy atom. The van der Waals surface area contributed by atoms with Crippen LogP contribution in [-0.2, 0) is 11.3 Å². The Morgan fingerprint density at radius 1 is 1.38 bits per heavy atom. The summed E-state index contributed by atoms with van der Waals surface area (Å²) in [5.41, 5.74) is 1.86. The Kier molecular flexibility index (Phi) is 4.94. The van der Waals surface area contributed by atoms with E-state index in [9.17, 15) is 9.18 Å². The second kappa shape index (κ2) is 7.13. The van der Waals surface area contributed by atoms with Gasteiger partial charge in [0.1, 0.15) is 11.9 Å². The first-order chi connectivity index (χ1) is 11.5. The number of hydrogen-bond donors (Lipinski definition) is 2. The molecule has 0 aliphatic heterocycles. The van der Waals surface area contributed by atoms with Crippen molar-refractivity contribution in [3.63, 3.8) is 0 Å². The molecular formula is C18H23FN4O. The van der Waals surface area contributed by atoms with Crippen LogP contribution in [0.25, 0.3) is 0 Å². The first kappa shape index (κ1) is 16.6. The zero-order chi connectivity index (χ0) is 17.1. The van der Waals surface area contributed by atoms with Crippen LogP contribution in [0, 0.1) is 12.7 Å². The van der Waals surface area contributed by atoms with E-state index in [4.69, 9.17) is 0 Å². The number of carbonyl (C=O) groups is 1. The molecule has 2 atom stereocenters. The third kappa shape index (κ3) is 4.41. The third-order valence-corrected chi connectivity index (χ3v) is 4.06. The van der Waals surface area contributed by atoms with E-state index in [1.807, 2.05) is 30.9 Å². The predicted octanol–water partition coefficient (Wildman–Crippen LogP) is 2.33. The molecule has 1 saturated carbocycles. The Labute approximate surface area is 141 Å². The number of rotatable bonds is 7. The molecule has 1 fully saturated rings. The highest BCUT2D eigenvalue weighted by Gasteiger charge is 2.29. The number of carbonyl (C=O) groups excluding carboxylic acids is 1. The van der Waals surface area contributed by atoms with Crippen molar-refractivity contribution in [3.8, 4) is 0 Å². The van der Waals surface area contributed by atoms with Crippen molar-refractivity contribution < 1.29 is 9.18 Å². The first-order valence-electron chi connectivity index (χ1n) is 8.32. The van der Waals surface area contributed by atoms with Crippen LogP contribution >= 0.6 is 0 Å². The van der Waals surface area contributed by atoms with Gasteiger partial charge in [0.05, 0.1) is 12.7 Å². The zero-order valence-electron chi connectivity index (χ0n) is 14.0. The molecule has 1 aliphatic rings. The molecule has 0 bridgehead atoms. The van der Waals surface area contributed by atoms with Gasteiger partial charge in [0.2, 0.25) is 5.91 Å². The SMILES string of the molecule is Cc1cnn(C[C@@H](C)N[C@@H](C(=O)NC2CC2)c2ccc(F)cc2)c1. The molecule has 24 heavy (non-hydrogen) atoms. The monoisotopic (exact) mass is 330 g/mol. The van der Waals surface area contributed by atoms with E-state index in [0.29, 0.717) is 6.54 Å². The normalized spacial score (nSPS) is 16.6.